The maximum Gasteiger partial charge on any atom is 0.157 e. The third-order valence-electron chi connectivity index (χ3n) is 3.99. The van der Waals surface area contributed by atoms with E-state index in [0.29, 0.717) is 12.5 Å². The van der Waals surface area contributed by atoms with E-state index in [1.807, 2.05) is 4.57 Å². The fourth-order valence-corrected chi connectivity index (χ4v) is 3.28. The number of nitrogens with zero attached hydrogens (tertiary/aromatic N) is 2. The molecule has 1 fully saturated rings. The Morgan fingerprint density at radius 2 is 2.45 bits per heavy atom. The number of nitrogens with one attached hydrogen (secondary N) is 2. The molecule has 3 heterocycles. The molecule has 1 aromatic rings. The maximum atomic E-state index is 8.78. The number of anilines is 1. The Bertz CT molecular complexity index is 516. The fraction of sp³-hybridized carbons (Fsp3) is 0.750. The van der Waals surface area contributed by atoms with Crippen LogP contribution < -0.4 is 16.4 Å². The molecule has 2 aliphatic heterocycles. The van der Waals surface area contributed by atoms with Gasteiger partial charge >= 0.3 is 0 Å². The van der Waals surface area contributed by atoms with Gasteiger partial charge in [0, 0.05) is 13.0 Å². The van der Waals surface area contributed by atoms with E-state index in [4.69, 9.17) is 24.6 Å². The van der Waals surface area contributed by atoms with Gasteiger partial charge in [-0.3, -0.25) is 15.6 Å². The van der Waals surface area contributed by atoms with Gasteiger partial charge in [0.15, 0.2) is 15.3 Å². The lowest BCUT2D eigenvalue weighted by atomic mass is 10.1. The summed E-state index contributed by atoms with van der Waals surface area (Å²) in [6.07, 6.45) is 1.65. The van der Waals surface area contributed by atoms with Crippen molar-refractivity contribution in [3.05, 3.63) is 12.0 Å². The predicted octanol–water partition coefficient (Wildman–Crippen LogP) is 0.226. The van der Waals surface area contributed by atoms with E-state index in [9.17, 15) is 0 Å². The zero-order valence-corrected chi connectivity index (χ0v) is 13.5. The monoisotopic (exact) mass is 331 g/mol. The molecular weight excluding hydrogens is 309 g/mol. The van der Waals surface area contributed by atoms with Gasteiger partial charge < -0.3 is 24.2 Å². The van der Waals surface area contributed by atoms with E-state index in [0.717, 1.165) is 17.9 Å². The van der Waals surface area contributed by atoms with Crippen LogP contribution in [0.2, 0.25) is 0 Å². The number of aromatic nitrogens is 2. The summed E-state index contributed by atoms with van der Waals surface area (Å²) < 4.78 is 18.4. The maximum absolute atomic E-state index is 8.78. The van der Waals surface area contributed by atoms with Gasteiger partial charge in [-0.2, -0.15) is 0 Å². The van der Waals surface area contributed by atoms with E-state index in [2.05, 4.69) is 22.5 Å². The predicted molar refractivity (Wildman–Crippen MR) is 80.9 cm³/mol. The highest BCUT2D eigenvalue weighted by molar-refractivity contribution is 7.24. The molecule has 0 aliphatic carbocycles. The van der Waals surface area contributed by atoms with Crippen LogP contribution in [0.1, 0.15) is 31.5 Å². The third-order valence-corrected chi connectivity index (χ3v) is 4.29. The lowest BCUT2D eigenvalue weighted by Gasteiger charge is -2.30. The SMILES string of the molecule is COC1NC(N)Nc2c1ncn2C1OC(COPO)CC1C. The summed E-state index contributed by atoms with van der Waals surface area (Å²) in [4.78, 5) is 13.2. The van der Waals surface area contributed by atoms with Gasteiger partial charge in [-0.05, 0) is 6.42 Å². The Kier molecular flexibility index (Phi) is 4.94. The summed E-state index contributed by atoms with van der Waals surface area (Å²) in [6, 6.07) is 0. The first-order chi connectivity index (χ1) is 10.6. The fourth-order valence-electron chi connectivity index (χ4n) is 3.01. The average Bonchev–Trinajstić information content (AvgIpc) is 3.07. The first kappa shape index (κ1) is 16.1. The highest BCUT2D eigenvalue weighted by atomic mass is 31.1. The van der Waals surface area contributed by atoms with Gasteiger partial charge in [0.05, 0.1) is 19.0 Å². The van der Waals surface area contributed by atoms with Crippen molar-refractivity contribution in [2.45, 2.75) is 38.2 Å². The Morgan fingerprint density at radius 3 is 3.18 bits per heavy atom. The van der Waals surface area contributed by atoms with Gasteiger partial charge in [-0.1, -0.05) is 6.92 Å². The molecule has 2 aliphatic rings. The third kappa shape index (κ3) is 2.98. The highest BCUT2D eigenvalue weighted by Crippen LogP contribution is 2.39. The van der Waals surface area contributed by atoms with E-state index < -0.39 is 15.3 Å². The minimum absolute atomic E-state index is 0.0358. The molecule has 0 aromatic carbocycles. The summed E-state index contributed by atoms with van der Waals surface area (Å²) in [6.45, 7) is 2.51. The molecule has 1 saturated heterocycles. The molecule has 5 N–H and O–H groups in total. The zero-order chi connectivity index (χ0) is 15.7. The smallest absolute Gasteiger partial charge is 0.157 e. The van der Waals surface area contributed by atoms with Crippen molar-refractivity contribution < 1.29 is 18.9 Å². The number of imidazole rings is 1. The second kappa shape index (κ2) is 6.76. The van der Waals surface area contributed by atoms with Crippen molar-refractivity contribution >= 4 is 14.9 Å². The number of hydrogen-bond donors (Lipinski definition) is 4. The van der Waals surface area contributed by atoms with Crippen molar-refractivity contribution in [2.24, 2.45) is 11.7 Å². The van der Waals surface area contributed by atoms with Gasteiger partial charge in [0.25, 0.3) is 0 Å². The van der Waals surface area contributed by atoms with Crippen LogP contribution in [0.3, 0.4) is 0 Å². The topological polar surface area (TPSA) is 116 Å². The van der Waals surface area contributed by atoms with Crippen LogP contribution in [-0.4, -0.2) is 40.6 Å². The summed E-state index contributed by atoms with van der Waals surface area (Å²) >= 11 is 0. The molecule has 0 bridgehead atoms. The molecule has 6 atom stereocenters. The lowest BCUT2D eigenvalue weighted by molar-refractivity contribution is -0.0255. The van der Waals surface area contributed by atoms with Crippen molar-refractivity contribution in [3.63, 3.8) is 0 Å². The van der Waals surface area contributed by atoms with E-state index >= 15 is 0 Å². The summed E-state index contributed by atoms with van der Waals surface area (Å²) in [5, 5.41) is 6.22. The second-order valence-corrected chi connectivity index (χ2v) is 6.03. The van der Waals surface area contributed by atoms with Gasteiger partial charge in [0.2, 0.25) is 0 Å². The number of fused-ring (bicyclic) bond motifs is 1. The number of hydrogen-bond acceptors (Lipinski definition) is 8. The summed E-state index contributed by atoms with van der Waals surface area (Å²) in [5.41, 5.74) is 6.70. The highest BCUT2D eigenvalue weighted by Gasteiger charge is 2.37. The van der Waals surface area contributed by atoms with Crippen molar-refractivity contribution in [1.29, 1.82) is 0 Å². The molecule has 0 saturated carbocycles. The zero-order valence-electron chi connectivity index (χ0n) is 12.5. The van der Waals surface area contributed by atoms with Crippen LogP contribution in [0.4, 0.5) is 5.82 Å². The second-order valence-electron chi connectivity index (χ2n) is 5.55. The van der Waals surface area contributed by atoms with Crippen molar-refractivity contribution in [2.75, 3.05) is 19.0 Å². The lowest BCUT2D eigenvalue weighted by Crippen LogP contribution is -2.50. The molecule has 22 heavy (non-hydrogen) atoms. The molecule has 3 rings (SSSR count). The first-order valence-electron chi connectivity index (χ1n) is 7.18. The number of methoxy groups -OCH3 is 1. The van der Waals surface area contributed by atoms with Crippen LogP contribution in [-0.2, 0) is 14.0 Å². The van der Waals surface area contributed by atoms with Crippen LogP contribution in [0, 0.1) is 5.92 Å². The largest absolute Gasteiger partial charge is 0.360 e. The molecule has 10 heteroatoms. The summed E-state index contributed by atoms with van der Waals surface area (Å²) in [7, 11) is 1.09. The quantitative estimate of drug-likeness (QED) is 0.567. The van der Waals surface area contributed by atoms with E-state index in [-0.39, 0.29) is 18.6 Å². The van der Waals surface area contributed by atoms with Gasteiger partial charge in [0.1, 0.15) is 24.0 Å². The molecule has 0 radical (unpaired) electrons. The minimum Gasteiger partial charge on any atom is -0.360 e. The molecule has 124 valence electrons. The van der Waals surface area contributed by atoms with Crippen LogP contribution in [0.5, 0.6) is 0 Å². The minimum atomic E-state index is -0.514. The molecule has 6 unspecified atom stereocenters. The Labute approximate surface area is 130 Å². The normalized spacial score (nSPS) is 35.0. The standard InChI is InChI=1S/C12H22N5O4P/c1-6-3-7(4-20-22-18)21-11(6)17-5-14-8-9(17)15-12(13)16-10(8)19-2/h5-7,10-12,15-16,18,22H,3-4,13H2,1-2H3. The molecular formula is C12H22N5O4P. The molecule has 0 amide bonds. The first-order valence-corrected chi connectivity index (χ1v) is 8.03. The Balaban J connectivity index is 1.80. The Morgan fingerprint density at radius 1 is 1.64 bits per heavy atom. The number of rotatable bonds is 5. The molecule has 1 aromatic heterocycles. The Hall–Kier alpha value is -0.800. The van der Waals surface area contributed by atoms with Crippen LogP contribution in [0.15, 0.2) is 6.33 Å². The summed E-state index contributed by atoms with van der Waals surface area (Å²) in [5.74, 6) is 1.10. The van der Waals surface area contributed by atoms with Gasteiger partial charge in [-0.15, -0.1) is 0 Å². The van der Waals surface area contributed by atoms with E-state index in [1.54, 1.807) is 13.4 Å². The van der Waals surface area contributed by atoms with E-state index in [1.165, 1.54) is 0 Å². The molecule has 9 nitrogen and oxygen atoms in total. The van der Waals surface area contributed by atoms with Crippen LogP contribution >= 0.6 is 9.03 Å². The van der Waals surface area contributed by atoms with Gasteiger partial charge in [-0.25, -0.2) is 4.98 Å². The number of ether oxygens (including phenoxy) is 2. The van der Waals surface area contributed by atoms with Crippen molar-refractivity contribution in [3.8, 4) is 0 Å². The van der Waals surface area contributed by atoms with Crippen LogP contribution in [0.25, 0.3) is 0 Å². The number of nitrogens with two attached hydrogens (primary N) is 1. The average molecular weight is 331 g/mol. The van der Waals surface area contributed by atoms with Crippen molar-refractivity contribution in [1.82, 2.24) is 14.9 Å². The molecule has 0 spiro atoms.